The van der Waals surface area contributed by atoms with E-state index in [4.69, 9.17) is 0 Å². The number of halogens is 1. The number of anilines is 2. The average Bonchev–Trinajstić information content (AvgIpc) is 2.61. The molecule has 0 saturated heterocycles. The van der Waals surface area contributed by atoms with Gasteiger partial charge in [0.15, 0.2) is 5.82 Å². The maximum Gasteiger partial charge on any atom is 0.156 e. The zero-order valence-corrected chi connectivity index (χ0v) is 11.2. The van der Waals surface area contributed by atoms with Crippen LogP contribution >= 0.6 is 22.6 Å². The predicted octanol–water partition coefficient (Wildman–Crippen LogP) is 2.50. The van der Waals surface area contributed by atoms with E-state index in [2.05, 4.69) is 48.1 Å². The Bertz CT molecular complexity index is 494. The maximum absolute atomic E-state index is 4.35. The van der Waals surface area contributed by atoms with Gasteiger partial charge in [-0.25, -0.2) is 9.97 Å². The molecule has 0 atom stereocenters. The second-order valence-electron chi connectivity index (χ2n) is 3.44. The lowest BCUT2D eigenvalue weighted by Gasteiger charge is -2.03. The van der Waals surface area contributed by atoms with Crippen LogP contribution in [-0.2, 0) is 4.43 Å². The van der Waals surface area contributed by atoms with E-state index in [1.807, 2.05) is 19.9 Å². The number of H-pyrrole nitrogens is 1. The first-order valence-corrected chi connectivity index (χ1v) is 6.39. The summed E-state index contributed by atoms with van der Waals surface area (Å²) in [5.41, 5.74) is 2.17. The second-order valence-corrected chi connectivity index (χ2v) is 4.20. The quantitative estimate of drug-likeness (QED) is 0.671. The normalized spacial score (nSPS) is 10.4. The molecular formula is C10H12IN5. The van der Waals surface area contributed by atoms with Crippen molar-refractivity contribution in [3.05, 3.63) is 29.3 Å². The summed E-state index contributed by atoms with van der Waals surface area (Å²) < 4.78 is 0.797. The molecule has 0 bridgehead atoms. The van der Waals surface area contributed by atoms with E-state index in [1.54, 1.807) is 6.20 Å². The smallest absolute Gasteiger partial charge is 0.156 e. The lowest BCUT2D eigenvalue weighted by molar-refractivity contribution is 1.03. The minimum absolute atomic E-state index is 0.774. The Morgan fingerprint density at radius 1 is 1.44 bits per heavy atom. The van der Waals surface area contributed by atoms with Gasteiger partial charge in [0, 0.05) is 17.5 Å². The zero-order chi connectivity index (χ0) is 11.5. The van der Waals surface area contributed by atoms with Crippen molar-refractivity contribution in [3.8, 4) is 0 Å². The summed E-state index contributed by atoms with van der Waals surface area (Å²) in [6, 6.07) is 1.83. The molecule has 0 fully saturated rings. The Balaban J connectivity index is 2.23. The highest BCUT2D eigenvalue weighted by atomic mass is 127. The Kier molecular flexibility index (Phi) is 3.37. The molecule has 2 rings (SSSR count). The van der Waals surface area contributed by atoms with Gasteiger partial charge in [-0.2, -0.15) is 5.10 Å². The van der Waals surface area contributed by atoms with E-state index in [0.717, 1.165) is 33.1 Å². The van der Waals surface area contributed by atoms with Crippen LogP contribution in [0.4, 0.5) is 11.6 Å². The van der Waals surface area contributed by atoms with Crippen molar-refractivity contribution in [1.82, 2.24) is 20.2 Å². The number of aromatic amines is 1. The summed E-state index contributed by atoms with van der Waals surface area (Å²) in [6.07, 6.45) is 1.75. The molecule has 0 amide bonds. The van der Waals surface area contributed by atoms with Gasteiger partial charge in [0.1, 0.15) is 11.6 Å². The van der Waals surface area contributed by atoms with Crippen molar-refractivity contribution in [2.75, 3.05) is 5.32 Å². The van der Waals surface area contributed by atoms with Crippen LogP contribution < -0.4 is 5.32 Å². The number of hydrogen-bond acceptors (Lipinski definition) is 4. The molecule has 84 valence electrons. The van der Waals surface area contributed by atoms with Gasteiger partial charge in [-0.3, -0.25) is 5.10 Å². The third-order valence-corrected chi connectivity index (χ3v) is 3.01. The molecule has 0 saturated carbocycles. The van der Waals surface area contributed by atoms with Crippen molar-refractivity contribution >= 4 is 34.2 Å². The highest BCUT2D eigenvalue weighted by Gasteiger charge is 2.06. The van der Waals surface area contributed by atoms with E-state index >= 15 is 0 Å². The van der Waals surface area contributed by atoms with Crippen LogP contribution in [0, 0.1) is 13.8 Å². The van der Waals surface area contributed by atoms with Gasteiger partial charge in [-0.1, -0.05) is 22.6 Å². The molecule has 2 aromatic rings. The standard InChI is InChI=1S/C10H12IN5/c1-6-7(2)15-16-10(6)14-8-3-4-12-9(5-11)13-8/h3-4H,5H2,1-2H3,(H2,12,13,14,15,16). The fourth-order valence-corrected chi connectivity index (χ4v) is 1.63. The van der Waals surface area contributed by atoms with Crippen LogP contribution in [0.25, 0.3) is 0 Å². The third-order valence-electron chi connectivity index (χ3n) is 2.32. The highest BCUT2D eigenvalue weighted by Crippen LogP contribution is 2.18. The monoisotopic (exact) mass is 329 g/mol. The van der Waals surface area contributed by atoms with E-state index in [-0.39, 0.29) is 0 Å². The van der Waals surface area contributed by atoms with Gasteiger partial charge in [0.25, 0.3) is 0 Å². The summed E-state index contributed by atoms with van der Waals surface area (Å²) in [5.74, 6) is 2.40. The minimum atomic E-state index is 0.774. The van der Waals surface area contributed by atoms with Crippen LogP contribution in [0.2, 0.25) is 0 Å². The molecule has 0 unspecified atom stereocenters. The number of alkyl halides is 1. The molecule has 16 heavy (non-hydrogen) atoms. The SMILES string of the molecule is Cc1[nH]nc(Nc2ccnc(CI)n2)c1C. The van der Waals surface area contributed by atoms with Crippen molar-refractivity contribution in [3.63, 3.8) is 0 Å². The molecule has 6 heteroatoms. The van der Waals surface area contributed by atoms with E-state index in [1.165, 1.54) is 0 Å². The lowest BCUT2D eigenvalue weighted by atomic mass is 10.3. The lowest BCUT2D eigenvalue weighted by Crippen LogP contribution is -1.99. The molecular weight excluding hydrogens is 317 g/mol. The van der Waals surface area contributed by atoms with Crippen molar-refractivity contribution in [2.24, 2.45) is 0 Å². The van der Waals surface area contributed by atoms with Crippen LogP contribution in [0.5, 0.6) is 0 Å². The molecule has 2 aromatic heterocycles. The molecule has 0 aliphatic carbocycles. The summed E-state index contributed by atoms with van der Waals surface area (Å²) in [4.78, 5) is 8.49. The number of nitrogens with zero attached hydrogens (tertiary/aromatic N) is 3. The van der Waals surface area contributed by atoms with E-state index < -0.39 is 0 Å². The predicted molar refractivity (Wildman–Crippen MR) is 71.1 cm³/mol. The fraction of sp³-hybridized carbons (Fsp3) is 0.300. The van der Waals surface area contributed by atoms with Gasteiger partial charge >= 0.3 is 0 Å². The van der Waals surface area contributed by atoms with Crippen molar-refractivity contribution in [2.45, 2.75) is 18.3 Å². The largest absolute Gasteiger partial charge is 0.323 e. The first kappa shape index (κ1) is 11.3. The summed E-state index contributed by atoms with van der Waals surface area (Å²) >= 11 is 2.24. The minimum Gasteiger partial charge on any atom is -0.323 e. The first-order valence-electron chi connectivity index (χ1n) is 4.87. The van der Waals surface area contributed by atoms with Crippen molar-refractivity contribution in [1.29, 1.82) is 0 Å². The molecule has 0 aromatic carbocycles. The number of rotatable bonds is 3. The highest BCUT2D eigenvalue weighted by molar-refractivity contribution is 14.1. The van der Waals surface area contributed by atoms with Crippen molar-refractivity contribution < 1.29 is 0 Å². The van der Waals surface area contributed by atoms with Gasteiger partial charge < -0.3 is 5.32 Å². The van der Waals surface area contributed by atoms with Crippen LogP contribution in [0.1, 0.15) is 17.1 Å². The molecule has 2 heterocycles. The summed E-state index contributed by atoms with van der Waals surface area (Å²) in [5, 5.41) is 10.3. The Labute approximate surface area is 107 Å². The molecule has 5 nitrogen and oxygen atoms in total. The zero-order valence-electron chi connectivity index (χ0n) is 9.08. The summed E-state index contributed by atoms with van der Waals surface area (Å²) in [7, 11) is 0. The Morgan fingerprint density at radius 3 is 2.88 bits per heavy atom. The third kappa shape index (κ3) is 2.31. The number of aromatic nitrogens is 4. The Hall–Kier alpha value is -1.18. The number of aryl methyl sites for hydroxylation is 1. The van der Waals surface area contributed by atoms with E-state index in [9.17, 15) is 0 Å². The first-order chi connectivity index (χ1) is 7.70. The number of hydrogen-bond donors (Lipinski definition) is 2. The Morgan fingerprint density at radius 2 is 2.25 bits per heavy atom. The number of nitrogens with one attached hydrogen (secondary N) is 2. The molecule has 2 N–H and O–H groups in total. The molecule has 0 aliphatic heterocycles. The van der Waals surface area contributed by atoms with Gasteiger partial charge in [0.2, 0.25) is 0 Å². The van der Waals surface area contributed by atoms with Gasteiger partial charge in [-0.15, -0.1) is 0 Å². The fourth-order valence-electron chi connectivity index (χ4n) is 1.26. The average molecular weight is 329 g/mol. The van der Waals surface area contributed by atoms with Crippen LogP contribution in [0.15, 0.2) is 12.3 Å². The molecule has 0 radical (unpaired) electrons. The van der Waals surface area contributed by atoms with Gasteiger partial charge in [0.05, 0.1) is 4.43 Å². The molecule has 0 spiro atoms. The second kappa shape index (κ2) is 4.77. The van der Waals surface area contributed by atoms with Gasteiger partial charge in [-0.05, 0) is 19.9 Å². The van der Waals surface area contributed by atoms with E-state index in [0.29, 0.717) is 0 Å². The van der Waals surface area contributed by atoms with Crippen LogP contribution in [0.3, 0.4) is 0 Å². The molecule has 0 aliphatic rings. The maximum atomic E-state index is 4.35. The topological polar surface area (TPSA) is 66.5 Å². The van der Waals surface area contributed by atoms with Crippen LogP contribution in [-0.4, -0.2) is 20.2 Å². The summed E-state index contributed by atoms with van der Waals surface area (Å²) in [6.45, 7) is 4.01.